The monoisotopic (exact) mass is 238 g/mol. The summed E-state index contributed by atoms with van der Waals surface area (Å²) in [6.07, 6.45) is 3.71. The lowest BCUT2D eigenvalue weighted by molar-refractivity contribution is 0.228. The van der Waals surface area contributed by atoms with E-state index in [0.29, 0.717) is 18.0 Å². The van der Waals surface area contributed by atoms with Gasteiger partial charge in [-0.2, -0.15) is 0 Å². The van der Waals surface area contributed by atoms with Crippen molar-refractivity contribution in [2.24, 2.45) is 0 Å². The normalized spacial score (nSPS) is 16.6. The molecule has 1 aliphatic rings. The number of hydrogen-bond acceptors (Lipinski definition) is 5. The predicted octanol–water partition coefficient (Wildman–Crippen LogP) is 0.713. The van der Waals surface area contributed by atoms with Crippen LogP contribution >= 0.6 is 0 Å². The van der Waals surface area contributed by atoms with Crippen LogP contribution in [0.5, 0.6) is 11.5 Å². The summed E-state index contributed by atoms with van der Waals surface area (Å²) in [5.74, 6) is 1.32. The summed E-state index contributed by atoms with van der Waals surface area (Å²) in [7, 11) is 3.20. The number of aliphatic hydroxyl groups is 1. The van der Waals surface area contributed by atoms with Crippen molar-refractivity contribution in [3.63, 3.8) is 0 Å². The molecule has 2 rings (SSSR count). The Morgan fingerprint density at radius 2 is 2.18 bits per heavy atom. The number of aromatic nitrogens is 1. The minimum absolute atomic E-state index is 0.101. The number of methoxy groups -OCH3 is 2. The molecule has 1 saturated carbocycles. The Hall–Kier alpha value is -1.33. The Kier molecular flexibility index (Phi) is 3.49. The number of pyridine rings is 1. The molecule has 1 heterocycles. The molecule has 5 nitrogen and oxygen atoms in total. The van der Waals surface area contributed by atoms with Crippen molar-refractivity contribution in [3.05, 3.63) is 18.0 Å². The second-order valence-corrected chi connectivity index (χ2v) is 4.29. The average molecular weight is 238 g/mol. The lowest BCUT2D eigenvalue weighted by Crippen LogP contribution is -2.34. The van der Waals surface area contributed by atoms with Crippen LogP contribution in [-0.4, -0.2) is 36.5 Å². The van der Waals surface area contributed by atoms with Crippen molar-refractivity contribution in [1.82, 2.24) is 10.3 Å². The standard InChI is InChI=1S/C12H18N2O3/c1-16-10-3-6-13-9(11(10)17-2)7-14-12(8-15)4-5-12/h3,6,14-15H,4-5,7-8H2,1-2H3. The van der Waals surface area contributed by atoms with Gasteiger partial charge in [-0.15, -0.1) is 0 Å². The van der Waals surface area contributed by atoms with E-state index < -0.39 is 0 Å². The Bertz CT molecular complexity index is 391. The Labute approximate surface area is 101 Å². The molecule has 17 heavy (non-hydrogen) atoms. The molecule has 5 heteroatoms. The molecule has 0 aromatic carbocycles. The smallest absolute Gasteiger partial charge is 0.183 e. The van der Waals surface area contributed by atoms with E-state index in [1.807, 2.05) is 0 Å². The summed E-state index contributed by atoms with van der Waals surface area (Å²) in [4.78, 5) is 4.27. The molecule has 0 bridgehead atoms. The molecule has 0 amide bonds. The van der Waals surface area contributed by atoms with Gasteiger partial charge in [-0.1, -0.05) is 0 Å². The fraction of sp³-hybridized carbons (Fsp3) is 0.583. The first kappa shape index (κ1) is 12.1. The van der Waals surface area contributed by atoms with Crippen molar-refractivity contribution >= 4 is 0 Å². The fourth-order valence-corrected chi connectivity index (χ4v) is 1.79. The third-order valence-corrected chi connectivity index (χ3v) is 3.15. The maximum absolute atomic E-state index is 9.22. The lowest BCUT2D eigenvalue weighted by atomic mass is 10.2. The zero-order chi connectivity index (χ0) is 12.3. The minimum Gasteiger partial charge on any atom is -0.493 e. The van der Waals surface area contributed by atoms with Crippen LogP contribution in [0, 0.1) is 0 Å². The van der Waals surface area contributed by atoms with E-state index in [9.17, 15) is 5.11 Å². The summed E-state index contributed by atoms with van der Waals surface area (Å²) in [6.45, 7) is 0.736. The zero-order valence-corrected chi connectivity index (χ0v) is 10.2. The number of ether oxygens (including phenoxy) is 2. The molecular formula is C12H18N2O3. The molecule has 0 spiro atoms. The van der Waals surface area contributed by atoms with Gasteiger partial charge in [0.2, 0.25) is 0 Å². The van der Waals surface area contributed by atoms with Gasteiger partial charge in [0.05, 0.1) is 26.5 Å². The number of rotatable bonds is 6. The highest BCUT2D eigenvalue weighted by Crippen LogP contribution is 2.36. The summed E-state index contributed by atoms with van der Waals surface area (Å²) >= 11 is 0. The highest BCUT2D eigenvalue weighted by atomic mass is 16.5. The molecule has 1 aliphatic carbocycles. The molecule has 2 N–H and O–H groups in total. The maximum Gasteiger partial charge on any atom is 0.183 e. The van der Waals surface area contributed by atoms with Crippen molar-refractivity contribution in [2.45, 2.75) is 24.9 Å². The van der Waals surface area contributed by atoms with Gasteiger partial charge in [0.25, 0.3) is 0 Å². The number of nitrogens with one attached hydrogen (secondary N) is 1. The first-order chi connectivity index (χ1) is 8.24. The molecule has 94 valence electrons. The molecule has 0 saturated heterocycles. The van der Waals surface area contributed by atoms with Crippen LogP contribution in [0.3, 0.4) is 0 Å². The van der Waals surface area contributed by atoms with E-state index in [4.69, 9.17) is 9.47 Å². The van der Waals surface area contributed by atoms with Crippen LogP contribution in [0.4, 0.5) is 0 Å². The molecule has 1 aromatic rings. The van der Waals surface area contributed by atoms with Crippen molar-refractivity contribution < 1.29 is 14.6 Å². The van der Waals surface area contributed by atoms with E-state index in [0.717, 1.165) is 18.5 Å². The average Bonchev–Trinajstić information content (AvgIpc) is 3.16. The van der Waals surface area contributed by atoms with Crippen LogP contribution < -0.4 is 14.8 Å². The maximum atomic E-state index is 9.22. The molecule has 1 aromatic heterocycles. The molecular weight excluding hydrogens is 220 g/mol. The molecule has 1 fully saturated rings. The number of nitrogens with zero attached hydrogens (tertiary/aromatic N) is 1. The molecule has 0 radical (unpaired) electrons. The van der Waals surface area contributed by atoms with Crippen molar-refractivity contribution in [3.8, 4) is 11.5 Å². The summed E-state index contributed by atoms with van der Waals surface area (Å²) in [6, 6.07) is 1.77. The van der Waals surface area contributed by atoms with Crippen LogP contribution in [-0.2, 0) is 6.54 Å². The molecule has 0 atom stereocenters. The summed E-state index contributed by atoms with van der Waals surface area (Å²) in [5, 5.41) is 12.5. The summed E-state index contributed by atoms with van der Waals surface area (Å²) < 4.78 is 10.5. The Balaban J connectivity index is 2.09. The van der Waals surface area contributed by atoms with Gasteiger partial charge in [-0.05, 0) is 12.8 Å². The highest BCUT2D eigenvalue weighted by molar-refractivity contribution is 5.42. The number of aliphatic hydroxyl groups excluding tert-OH is 1. The first-order valence-electron chi connectivity index (χ1n) is 5.66. The van der Waals surface area contributed by atoms with Gasteiger partial charge >= 0.3 is 0 Å². The topological polar surface area (TPSA) is 63.6 Å². The van der Waals surface area contributed by atoms with Gasteiger partial charge in [0.1, 0.15) is 0 Å². The van der Waals surface area contributed by atoms with Gasteiger partial charge in [0.15, 0.2) is 11.5 Å². The fourth-order valence-electron chi connectivity index (χ4n) is 1.79. The largest absolute Gasteiger partial charge is 0.493 e. The van der Waals surface area contributed by atoms with E-state index >= 15 is 0 Å². The Morgan fingerprint density at radius 3 is 2.71 bits per heavy atom. The van der Waals surface area contributed by atoms with Crippen LogP contribution in [0.1, 0.15) is 18.5 Å². The first-order valence-corrected chi connectivity index (χ1v) is 5.66. The van der Waals surface area contributed by atoms with E-state index in [-0.39, 0.29) is 12.1 Å². The second-order valence-electron chi connectivity index (χ2n) is 4.29. The SMILES string of the molecule is COc1ccnc(CNC2(CO)CC2)c1OC. The van der Waals surface area contributed by atoms with Gasteiger partial charge in [0, 0.05) is 24.3 Å². The van der Waals surface area contributed by atoms with Crippen molar-refractivity contribution in [2.75, 3.05) is 20.8 Å². The number of hydrogen-bond donors (Lipinski definition) is 2. The van der Waals surface area contributed by atoms with Crippen molar-refractivity contribution in [1.29, 1.82) is 0 Å². The quantitative estimate of drug-likeness (QED) is 0.764. The van der Waals surface area contributed by atoms with Crippen LogP contribution in [0.25, 0.3) is 0 Å². The van der Waals surface area contributed by atoms with Gasteiger partial charge in [-0.25, -0.2) is 0 Å². The zero-order valence-electron chi connectivity index (χ0n) is 10.2. The van der Waals surface area contributed by atoms with Crippen LogP contribution in [0.15, 0.2) is 12.3 Å². The summed E-state index contributed by atoms with van der Waals surface area (Å²) in [5.41, 5.74) is 0.696. The third kappa shape index (κ3) is 2.50. The Morgan fingerprint density at radius 1 is 1.41 bits per heavy atom. The van der Waals surface area contributed by atoms with E-state index in [1.54, 1.807) is 26.5 Å². The minimum atomic E-state index is -0.101. The lowest BCUT2D eigenvalue weighted by Gasteiger charge is -2.16. The van der Waals surface area contributed by atoms with Gasteiger partial charge < -0.3 is 19.9 Å². The highest BCUT2D eigenvalue weighted by Gasteiger charge is 2.41. The van der Waals surface area contributed by atoms with E-state index in [2.05, 4.69) is 10.3 Å². The van der Waals surface area contributed by atoms with Gasteiger partial charge in [-0.3, -0.25) is 4.98 Å². The van der Waals surface area contributed by atoms with Crippen LogP contribution in [0.2, 0.25) is 0 Å². The molecule has 0 aliphatic heterocycles. The van der Waals surface area contributed by atoms with E-state index in [1.165, 1.54) is 0 Å². The molecule has 0 unspecified atom stereocenters. The second kappa shape index (κ2) is 4.89. The predicted molar refractivity (Wildman–Crippen MR) is 63.2 cm³/mol. The third-order valence-electron chi connectivity index (χ3n) is 3.15.